The summed E-state index contributed by atoms with van der Waals surface area (Å²) in [4.78, 5) is 16.1. The SMILES string of the molecule is C=CCn1c(SCC(=O)Nc2nccs2)nnc1-c1ccccc1C. The van der Waals surface area contributed by atoms with E-state index in [4.69, 9.17) is 0 Å². The summed E-state index contributed by atoms with van der Waals surface area (Å²) in [6.45, 7) is 6.42. The molecule has 0 saturated carbocycles. The van der Waals surface area contributed by atoms with Crippen molar-refractivity contribution in [2.45, 2.75) is 18.6 Å². The van der Waals surface area contributed by atoms with Crippen LogP contribution in [0.3, 0.4) is 0 Å². The maximum Gasteiger partial charge on any atom is 0.236 e. The van der Waals surface area contributed by atoms with Gasteiger partial charge in [-0.3, -0.25) is 9.36 Å². The number of thiazole rings is 1. The van der Waals surface area contributed by atoms with Gasteiger partial charge in [-0.25, -0.2) is 4.98 Å². The van der Waals surface area contributed by atoms with Crippen molar-refractivity contribution in [2.24, 2.45) is 0 Å². The average Bonchev–Trinajstić information content (AvgIpc) is 3.24. The number of allylic oxidation sites excluding steroid dienone is 1. The van der Waals surface area contributed by atoms with Gasteiger partial charge in [0, 0.05) is 23.7 Å². The smallest absolute Gasteiger partial charge is 0.236 e. The molecular weight excluding hydrogens is 354 g/mol. The van der Waals surface area contributed by atoms with E-state index in [1.54, 1.807) is 12.3 Å². The summed E-state index contributed by atoms with van der Waals surface area (Å²) >= 11 is 2.73. The molecule has 2 aromatic heterocycles. The monoisotopic (exact) mass is 371 g/mol. The lowest BCUT2D eigenvalue weighted by molar-refractivity contribution is -0.113. The largest absolute Gasteiger partial charge is 0.301 e. The molecule has 8 heteroatoms. The lowest BCUT2D eigenvalue weighted by Gasteiger charge is -2.09. The Kier molecular flexibility index (Phi) is 5.62. The highest BCUT2D eigenvalue weighted by Crippen LogP contribution is 2.26. The van der Waals surface area contributed by atoms with Gasteiger partial charge in [-0.2, -0.15) is 0 Å². The first kappa shape index (κ1) is 17.4. The first-order valence-corrected chi connectivity index (χ1v) is 9.48. The molecule has 0 fully saturated rings. The Balaban J connectivity index is 1.76. The highest BCUT2D eigenvalue weighted by Gasteiger charge is 2.16. The number of hydrogen-bond acceptors (Lipinski definition) is 6. The summed E-state index contributed by atoms with van der Waals surface area (Å²) in [5.41, 5.74) is 2.15. The molecule has 0 bridgehead atoms. The van der Waals surface area contributed by atoms with Crippen LogP contribution in [0.2, 0.25) is 0 Å². The van der Waals surface area contributed by atoms with Gasteiger partial charge in [0.2, 0.25) is 5.91 Å². The molecule has 1 amide bonds. The molecule has 0 spiro atoms. The Morgan fingerprint density at radius 1 is 1.40 bits per heavy atom. The number of aryl methyl sites for hydroxylation is 1. The maximum atomic E-state index is 12.0. The Bertz CT molecular complexity index is 873. The number of hydrogen-bond donors (Lipinski definition) is 1. The Labute approximate surface area is 154 Å². The molecule has 128 valence electrons. The molecule has 0 aliphatic heterocycles. The highest BCUT2D eigenvalue weighted by atomic mass is 32.2. The number of carbonyl (C=O) groups is 1. The van der Waals surface area contributed by atoms with Gasteiger partial charge in [-0.1, -0.05) is 42.1 Å². The quantitative estimate of drug-likeness (QED) is 0.507. The zero-order chi connectivity index (χ0) is 17.6. The van der Waals surface area contributed by atoms with Crippen molar-refractivity contribution < 1.29 is 4.79 Å². The molecule has 25 heavy (non-hydrogen) atoms. The van der Waals surface area contributed by atoms with Crippen LogP contribution < -0.4 is 5.32 Å². The molecule has 0 unspecified atom stereocenters. The first-order chi connectivity index (χ1) is 12.2. The molecule has 0 aliphatic rings. The molecule has 0 radical (unpaired) electrons. The van der Waals surface area contributed by atoms with Crippen molar-refractivity contribution in [2.75, 3.05) is 11.1 Å². The second-order valence-electron chi connectivity index (χ2n) is 5.19. The minimum atomic E-state index is -0.120. The van der Waals surface area contributed by atoms with E-state index in [0.29, 0.717) is 16.8 Å². The van der Waals surface area contributed by atoms with Crippen LogP contribution in [0, 0.1) is 6.92 Å². The number of nitrogens with one attached hydrogen (secondary N) is 1. The van der Waals surface area contributed by atoms with Crippen LogP contribution in [0.1, 0.15) is 5.56 Å². The van der Waals surface area contributed by atoms with Gasteiger partial charge >= 0.3 is 0 Å². The number of rotatable bonds is 7. The molecule has 1 N–H and O–H groups in total. The number of aromatic nitrogens is 4. The summed E-state index contributed by atoms with van der Waals surface area (Å²) < 4.78 is 1.97. The van der Waals surface area contributed by atoms with Crippen LogP contribution in [0.25, 0.3) is 11.4 Å². The molecule has 6 nitrogen and oxygen atoms in total. The maximum absolute atomic E-state index is 12.0. The number of amides is 1. The van der Waals surface area contributed by atoms with Gasteiger partial charge in [-0.15, -0.1) is 28.1 Å². The zero-order valence-corrected chi connectivity index (χ0v) is 15.3. The Morgan fingerprint density at radius 3 is 2.96 bits per heavy atom. The molecule has 0 aliphatic carbocycles. The fourth-order valence-corrected chi connectivity index (χ4v) is 3.58. The lowest BCUT2D eigenvalue weighted by atomic mass is 10.1. The molecule has 3 aromatic rings. The fraction of sp³-hybridized carbons (Fsp3) is 0.176. The third kappa shape index (κ3) is 4.15. The zero-order valence-electron chi connectivity index (χ0n) is 13.7. The van der Waals surface area contributed by atoms with E-state index in [1.807, 2.05) is 41.1 Å². The molecule has 0 atom stereocenters. The number of benzene rings is 1. The predicted molar refractivity (Wildman–Crippen MR) is 102 cm³/mol. The van der Waals surface area contributed by atoms with E-state index < -0.39 is 0 Å². The van der Waals surface area contributed by atoms with E-state index in [9.17, 15) is 4.79 Å². The minimum absolute atomic E-state index is 0.120. The topological polar surface area (TPSA) is 72.7 Å². The number of anilines is 1. The van der Waals surface area contributed by atoms with Crippen LogP contribution in [0.15, 0.2) is 53.7 Å². The van der Waals surface area contributed by atoms with E-state index in [0.717, 1.165) is 17.0 Å². The molecule has 2 heterocycles. The number of nitrogens with zero attached hydrogens (tertiary/aromatic N) is 4. The summed E-state index contributed by atoms with van der Waals surface area (Å²) in [7, 11) is 0. The third-order valence-electron chi connectivity index (χ3n) is 3.43. The van der Waals surface area contributed by atoms with E-state index in [1.165, 1.54) is 23.1 Å². The third-order valence-corrected chi connectivity index (χ3v) is 5.08. The second kappa shape index (κ2) is 8.09. The van der Waals surface area contributed by atoms with Crippen molar-refractivity contribution in [3.63, 3.8) is 0 Å². The van der Waals surface area contributed by atoms with E-state index >= 15 is 0 Å². The van der Waals surface area contributed by atoms with Gasteiger partial charge < -0.3 is 5.32 Å². The normalized spacial score (nSPS) is 10.6. The fourth-order valence-electron chi connectivity index (χ4n) is 2.28. The summed E-state index contributed by atoms with van der Waals surface area (Å²) in [6, 6.07) is 8.02. The van der Waals surface area contributed by atoms with Crippen molar-refractivity contribution in [3.05, 3.63) is 54.1 Å². The Morgan fingerprint density at radius 2 is 2.24 bits per heavy atom. The molecule has 1 aromatic carbocycles. The summed E-state index contributed by atoms with van der Waals surface area (Å²) in [5, 5.41) is 14.4. The molecular formula is C17H17N5OS2. The van der Waals surface area contributed by atoms with Gasteiger partial charge in [0.25, 0.3) is 0 Å². The van der Waals surface area contributed by atoms with Crippen molar-refractivity contribution in [3.8, 4) is 11.4 Å². The van der Waals surface area contributed by atoms with Crippen LogP contribution in [-0.2, 0) is 11.3 Å². The second-order valence-corrected chi connectivity index (χ2v) is 7.03. The number of carbonyl (C=O) groups excluding carboxylic acids is 1. The standard InChI is InChI=1S/C17H17N5OS2/c1-3-9-22-15(13-7-5-4-6-12(13)2)20-21-17(22)25-11-14(23)19-16-18-8-10-24-16/h3-8,10H,1,9,11H2,2H3,(H,18,19,23). The van der Waals surface area contributed by atoms with Crippen LogP contribution in [-0.4, -0.2) is 31.4 Å². The van der Waals surface area contributed by atoms with Crippen LogP contribution in [0.5, 0.6) is 0 Å². The van der Waals surface area contributed by atoms with Crippen LogP contribution in [0.4, 0.5) is 5.13 Å². The van der Waals surface area contributed by atoms with Gasteiger partial charge in [-0.05, 0) is 12.5 Å². The first-order valence-electron chi connectivity index (χ1n) is 7.61. The summed E-state index contributed by atoms with van der Waals surface area (Å²) in [6.07, 6.45) is 3.45. The van der Waals surface area contributed by atoms with E-state index in [2.05, 4.69) is 27.1 Å². The van der Waals surface area contributed by atoms with Crippen molar-refractivity contribution in [1.29, 1.82) is 0 Å². The highest BCUT2D eigenvalue weighted by molar-refractivity contribution is 7.99. The van der Waals surface area contributed by atoms with E-state index in [-0.39, 0.29) is 11.7 Å². The average molecular weight is 371 g/mol. The lowest BCUT2D eigenvalue weighted by Crippen LogP contribution is -2.14. The van der Waals surface area contributed by atoms with Gasteiger partial charge in [0.05, 0.1) is 5.75 Å². The Hall–Kier alpha value is -2.45. The van der Waals surface area contributed by atoms with Crippen molar-refractivity contribution >= 4 is 34.1 Å². The molecule has 0 saturated heterocycles. The van der Waals surface area contributed by atoms with Gasteiger partial charge in [0.15, 0.2) is 16.1 Å². The van der Waals surface area contributed by atoms with Gasteiger partial charge in [0.1, 0.15) is 0 Å². The number of thioether (sulfide) groups is 1. The summed E-state index contributed by atoms with van der Waals surface area (Å²) in [5.74, 6) is 0.897. The van der Waals surface area contributed by atoms with Crippen molar-refractivity contribution in [1.82, 2.24) is 19.7 Å². The molecule has 3 rings (SSSR count). The minimum Gasteiger partial charge on any atom is -0.301 e. The van der Waals surface area contributed by atoms with Crippen LogP contribution >= 0.6 is 23.1 Å². The predicted octanol–water partition coefficient (Wildman–Crippen LogP) is 3.63.